The molecule has 1 atom stereocenters. The Labute approximate surface area is 209 Å². The van der Waals surface area contributed by atoms with Crippen molar-refractivity contribution >= 4 is 0 Å². The molecule has 1 unspecified atom stereocenters. The number of rotatable bonds is 8. The number of hydrogen-bond acceptors (Lipinski definition) is 5. The van der Waals surface area contributed by atoms with Crippen molar-refractivity contribution in [2.45, 2.75) is 58.0 Å². The topological polar surface area (TPSA) is 37.8 Å². The van der Waals surface area contributed by atoms with Crippen LogP contribution in [0.25, 0.3) is 0 Å². The highest BCUT2D eigenvalue weighted by molar-refractivity contribution is 5.38. The van der Waals surface area contributed by atoms with Crippen molar-refractivity contribution in [3.63, 3.8) is 0 Å². The molecular formula is C30H37N3O2. The molecule has 35 heavy (non-hydrogen) atoms. The summed E-state index contributed by atoms with van der Waals surface area (Å²) in [7, 11) is 0. The minimum atomic E-state index is 0.362. The third-order valence-corrected chi connectivity index (χ3v) is 7.26. The van der Waals surface area contributed by atoms with Gasteiger partial charge in [0, 0.05) is 62.6 Å². The molecule has 184 valence electrons. The van der Waals surface area contributed by atoms with Crippen LogP contribution in [0.1, 0.15) is 42.1 Å². The smallest absolute Gasteiger partial charge is 0.123 e. The Bertz CT molecular complexity index is 1050. The zero-order valence-corrected chi connectivity index (χ0v) is 20.8. The molecule has 1 saturated heterocycles. The third kappa shape index (κ3) is 6.69. The molecule has 0 radical (unpaired) electrons. The second-order valence-electron chi connectivity index (χ2n) is 9.91. The largest absolute Gasteiger partial charge is 0.492 e. The number of fused-ring (bicyclic) bond motifs is 1. The second kappa shape index (κ2) is 11.8. The Morgan fingerprint density at radius 1 is 0.971 bits per heavy atom. The summed E-state index contributed by atoms with van der Waals surface area (Å²) in [5.41, 5.74) is 5.07. The number of nitrogens with zero attached hydrogens (tertiary/aromatic N) is 3. The normalized spacial score (nSPS) is 18.4. The van der Waals surface area contributed by atoms with Crippen molar-refractivity contribution in [2.75, 3.05) is 26.2 Å². The summed E-state index contributed by atoms with van der Waals surface area (Å²) >= 11 is 0. The van der Waals surface area contributed by atoms with Gasteiger partial charge in [0.25, 0.3) is 0 Å². The van der Waals surface area contributed by atoms with Gasteiger partial charge in [-0.25, -0.2) is 0 Å². The molecular weight excluding hydrogens is 434 g/mol. The van der Waals surface area contributed by atoms with Gasteiger partial charge < -0.3 is 9.47 Å². The molecule has 1 aromatic heterocycles. The van der Waals surface area contributed by atoms with Crippen LogP contribution in [0.15, 0.2) is 72.9 Å². The van der Waals surface area contributed by atoms with Gasteiger partial charge in [0.2, 0.25) is 0 Å². The monoisotopic (exact) mass is 471 g/mol. The lowest BCUT2D eigenvalue weighted by molar-refractivity contribution is -0.00394. The Hall–Kier alpha value is -2.73. The number of hydrogen-bond donors (Lipinski definition) is 0. The SMILES string of the molecule is CC(Cc1ccccn1)N1CCOc2ccc(CN3CCC(OCc4ccccc4)CC3)cc2C1. The van der Waals surface area contributed by atoms with E-state index < -0.39 is 0 Å². The molecule has 0 N–H and O–H groups in total. The molecule has 0 aliphatic carbocycles. The van der Waals surface area contributed by atoms with Crippen LogP contribution in [0, 0.1) is 0 Å². The van der Waals surface area contributed by atoms with Gasteiger partial charge in [0.15, 0.2) is 0 Å². The molecule has 0 bridgehead atoms. The van der Waals surface area contributed by atoms with Crippen LogP contribution < -0.4 is 4.74 Å². The number of piperidine rings is 1. The maximum absolute atomic E-state index is 6.18. The molecule has 2 aliphatic heterocycles. The van der Waals surface area contributed by atoms with Crippen molar-refractivity contribution in [1.82, 2.24) is 14.8 Å². The highest BCUT2D eigenvalue weighted by Crippen LogP contribution is 2.27. The zero-order valence-electron chi connectivity index (χ0n) is 20.8. The fourth-order valence-electron chi connectivity index (χ4n) is 5.17. The summed E-state index contributed by atoms with van der Waals surface area (Å²) in [6.45, 7) is 8.76. The van der Waals surface area contributed by atoms with E-state index in [2.05, 4.69) is 82.4 Å². The molecule has 0 saturated carbocycles. The van der Waals surface area contributed by atoms with Gasteiger partial charge in [-0.2, -0.15) is 0 Å². The van der Waals surface area contributed by atoms with E-state index in [1.807, 2.05) is 12.3 Å². The van der Waals surface area contributed by atoms with Crippen LogP contribution in [0.4, 0.5) is 0 Å². The van der Waals surface area contributed by atoms with Crippen molar-refractivity contribution in [3.05, 3.63) is 95.3 Å². The third-order valence-electron chi connectivity index (χ3n) is 7.26. The van der Waals surface area contributed by atoms with Crippen molar-refractivity contribution < 1.29 is 9.47 Å². The molecule has 3 heterocycles. The summed E-state index contributed by atoms with van der Waals surface area (Å²) in [6, 6.07) is 23.8. The average Bonchev–Trinajstić information content (AvgIpc) is 3.12. The summed E-state index contributed by atoms with van der Waals surface area (Å²) in [6.07, 6.45) is 5.39. The van der Waals surface area contributed by atoms with Crippen LogP contribution >= 0.6 is 0 Å². The van der Waals surface area contributed by atoms with E-state index in [0.29, 0.717) is 18.8 Å². The summed E-state index contributed by atoms with van der Waals surface area (Å²) in [4.78, 5) is 9.61. The molecule has 3 aromatic rings. The lowest BCUT2D eigenvalue weighted by Crippen LogP contribution is -2.36. The van der Waals surface area contributed by atoms with E-state index in [0.717, 1.165) is 70.0 Å². The zero-order chi connectivity index (χ0) is 23.9. The quantitative estimate of drug-likeness (QED) is 0.458. The van der Waals surface area contributed by atoms with Crippen LogP contribution in [0.2, 0.25) is 0 Å². The molecule has 5 nitrogen and oxygen atoms in total. The molecule has 5 rings (SSSR count). The van der Waals surface area contributed by atoms with Crippen LogP contribution in [0.3, 0.4) is 0 Å². The fourth-order valence-corrected chi connectivity index (χ4v) is 5.17. The molecule has 0 amide bonds. The summed E-state index contributed by atoms with van der Waals surface area (Å²) < 4.78 is 12.3. The molecule has 2 aromatic carbocycles. The first-order chi connectivity index (χ1) is 17.2. The minimum absolute atomic E-state index is 0.362. The van der Waals surface area contributed by atoms with Crippen LogP contribution in [0.5, 0.6) is 5.75 Å². The summed E-state index contributed by atoms with van der Waals surface area (Å²) in [5.74, 6) is 1.04. The first-order valence-electron chi connectivity index (χ1n) is 13.0. The van der Waals surface area contributed by atoms with E-state index in [1.165, 1.54) is 16.7 Å². The van der Waals surface area contributed by atoms with Crippen molar-refractivity contribution in [1.29, 1.82) is 0 Å². The Morgan fingerprint density at radius 2 is 1.80 bits per heavy atom. The predicted octanol–water partition coefficient (Wildman–Crippen LogP) is 5.09. The van der Waals surface area contributed by atoms with E-state index in [-0.39, 0.29) is 0 Å². The number of ether oxygens (including phenoxy) is 2. The predicted molar refractivity (Wildman–Crippen MR) is 139 cm³/mol. The van der Waals surface area contributed by atoms with Gasteiger partial charge >= 0.3 is 0 Å². The fraction of sp³-hybridized carbons (Fsp3) is 0.433. The maximum atomic E-state index is 6.18. The lowest BCUT2D eigenvalue weighted by Gasteiger charge is -2.32. The standard InChI is InChI=1S/C30H37N3O2/c1-24(19-28-9-5-6-14-31-28)33-17-18-34-30-11-10-26(20-27(30)22-33)21-32-15-12-29(13-16-32)35-23-25-7-3-2-4-8-25/h2-11,14,20,24,29H,12-13,15-19,21-23H2,1H3. The maximum Gasteiger partial charge on any atom is 0.123 e. The molecule has 1 fully saturated rings. The number of aromatic nitrogens is 1. The lowest BCUT2D eigenvalue weighted by atomic mass is 10.0. The molecule has 5 heteroatoms. The Balaban J connectivity index is 1.14. The number of likely N-dealkylation sites (tertiary alicyclic amines) is 1. The van der Waals surface area contributed by atoms with E-state index in [9.17, 15) is 0 Å². The number of benzene rings is 2. The van der Waals surface area contributed by atoms with E-state index in [4.69, 9.17) is 9.47 Å². The first kappa shape index (κ1) is 24.0. The van der Waals surface area contributed by atoms with Gasteiger partial charge in [0.1, 0.15) is 12.4 Å². The van der Waals surface area contributed by atoms with Gasteiger partial charge in [0.05, 0.1) is 12.7 Å². The Morgan fingerprint density at radius 3 is 2.60 bits per heavy atom. The average molecular weight is 472 g/mol. The van der Waals surface area contributed by atoms with Gasteiger partial charge in [-0.3, -0.25) is 14.8 Å². The molecule has 2 aliphatic rings. The van der Waals surface area contributed by atoms with Crippen LogP contribution in [-0.2, 0) is 30.9 Å². The highest BCUT2D eigenvalue weighted by Gasteiger charge is 2.23. The Kier molecular flexibility index (Phi) is 8.09. The van der Waals surface area contributed by atoms with E-state index in [1.54, 1.807) is 0 Å². The van der Waals surface area contributed by atoms with Crippen molar-refractivity contribution in [3.8, 4) is 5.75 Å². The molecule has 0 spiro atoms. The van der Waals surface area contributed by atoms with Crippen LogP contribution in [-0.4, -0.2) is 53.2 Å². The second-order valence-corrected chi connectivity index (χ2v) is 9.91. The number of pyridine rings is 1. The van der Waals surface area contributed by atoms with Gasteiger partial charge in [-0.15, -0.1) is 0 Å². The van der Waals surface area contributed by atoms with Crippen molar-refractivity contribution in [2.24, 2.45) is 0 Å². The first-order valence-corrected chi connectivity index (χ1v) is 13.0. The minimum Gasteiger partial charge on any atom is -0.492 e. The highest BCUT2D eigenvalue weighted by atomic mass is 16.5. The van der Waals surface area contributed by atoms with Gasteiger partial charge in [-0.05, 0) is 55.2 Å². The van der Waals surface area contributed by atoms with E-state index >= 15 is 0 Å². The van der Waals surface area contributed by atoms with Gasteiger partial charge in [-0.1, -0.05) is 42.5 Å². The summed E-state index contributed by atoms with van der Waals surface area (Å²) in [5, 5.41) is 0.